The number of hydrogen-bond acceptors (Lipinski definition) is 1. The van der Waals surface area contributed by atoms with Gasteiger partial charge in [-0.1, -0.05) is 24.3 Å². The molecule has 0 bridgehead atoms. The summed E-state index contributed by atoms with van der Waals surface area (Å²) in [4.78, 5) is 4.08. The zero-order valence-corrected chi connectivity index (χ0v) is 9.33. The van der Waals surface area contributed by atoms with Crippen molar-refractivity contribution in [1.29, 1.82) is 0 Å². The zero-order valence-electron chi connectivity index (χ0n) is 9.33. The van der Waals surface area contributed by atoms with Crippen molar-refractivity contribution >= 4 is 5.96 Å². The second kappa shape index (κ2) is 5.90. The third-order valence-electron chi connectivity index (χ3n) is 1.89. The van der Waals surface area contributed by atoms with Crippen molar-refractivity contribution in [2.24, 2.45) is 10.7 Å². The Morgan fingerprint density at radius 2 is 2.31 bits per heavy atom. The number of nitrogens with zero attached hydrogens (tertiary/aromatic N) is 1. The van der Waals surface area contributed by atoms with Crippen LogP contribution < -0.4 is 11.1 Å². The van der Waals surface area contributed by atoms with E-state index in [-0.39, 0.29) is 5.82 Å². The van der Waals surface area contributed by atoms with Crippen molar-refractivity contribution in [2.45, 2.75) is 13.5 Å². The summed E-state index contributed by atoms with van der Waals surface area (Å²) in [5.74, 6) is 0.0772. The molecule has 0 saturated heterocycles. The topological polar surface area (TPSA) is 50.4 Å². The van der Waals surface area contributed by atoms with Gasteiger partial charge >= 0.3 is 0 Å². The largest absolute Gasteiger partial charge is 0.370 e. The molecule has 1 aromatic carbocycles. The highest BCUT2D eigenvalue weighted by Crippen LogP contribution is 2.04. The van der Waals surface area contributed by atoms with Crippen LogP contribution in [0.4, 0.5) is 4.39 Å². The number of rotatable bonds is 4. The summed E-state index contributed by atoms with van der Waals surface area (Å²) in [6.07, 6.45) is 0. The van der Waals surface area contributed by atoms with Crippen molar-refractivity contribution < 1.29 is 4.39 Å². The molecule has 3 nitrogen and oxygen atoms in total. The molecule has 0 aliphatic rings. The molecule has 4 heteroatoms. The maximum Gasteiger partial charge on any atom is 0.189 e. The zero-order chi connectivity index (χ0) is 12.0. The minimum Gasteiger partial charge on any atom is -0.370 e. The number of nitrogens with two attached hydrogens (primary N) is 1. The highest BCUT2D eigenvalue weighted by Gasteiger charge is 1.95. The quantitative estimate of drug-likeness (QED) is 0.463. The van der Waals surface area contributed by atoms with Gasteiger partial charge in [-0.25, -0.2) is 9.38 Å². The predicted molar refractivity (Wildman–Crippen MR) is 64.5 cm³/mol. The van der Waals surface area contributed by atoms with Gasteiger partial charge in [0.15, 0.2) is 5.96 Å². The SMILES string of the molecule is C=C(C)CNC(N)=NCc1cccc(F)c1. The third-order valence-corrected chi connectivity index (χ3v) is 1.89. The molecule has 1 rings (SSSR count). The smallest absolute Gasteiger partial charge is 0.189 e. The van der Waals surface area contributed by atoms with E-state index in [1.54, 1.807) is 12.1 Å². The number of aliphatic imine (C=N–C) groups is 1. The van der Waals surface area contributed by atoms with Gasteiger partial charge in [-0.05, 0) is 24.6 Å². The summed E-state index contributed by atoms with van der Waals surface area (Å²) >= 11 is 0. The highest BCUT2D eigenvalue weighted by atomic mass is 19.1. The van der Waals surface area contributed by atoms with Crippen molar-refractivity contribution in [3.8, 4) is 0 Å². The molecule has 0 amide bonds. The van der Waals surface area contributed by atoms with Crippen LogP contribution in [0.1, 0.15) is 12.5 Å². The summed E-state index contributed by atoms with van der Waals surface area (Å²) < 4.78 is 12.8. The Kier molecular flexibility index (Phi) is 4.51. The van der Waals surface area contributed by atoms with Gasteiger partial charge in [-0.15, -0.1) is 0 Å². The van der Waals surface area contributed by atoms with Gasteiger partial charge in [0, 0.05) is 6.54 Å². The normalized spacial score (nSPS) is 11.2. The number of nitrogens with one attached hydrogen (secondary N) is 1. The van der Waals surface area contributed by atoms with Crippen molar-refractivity contribution in [1.82, 2.24) is 5.32 Å². The molecule has 0 aliphatic carbocycles. The van der Waals surface area contributed by atoms with Crippen LogP contribution in [0.25, 0.3) is 0 Å². The Morgan fingerprint density at radius 3 is 2.94 bits per heavy atom. The molecule has 16 heavy (non-hydrogen) atoms. The lowest BCUT2D eigenvalue weighted by molar-refractivity contribution is 0.625. The van der Waals surface area contributed by atoms with Gasteiger partial charge in [0.05, 0.1) is 6.54 Å². The van der Waals surface area contributed by atoms with Crippen molar-refractivity contribution in [3.63, 3.8) is 0 Å². The van der Waals surface area contributed by atoms with Gasteiger partial charge in [0.25, 0.3) is 0 Å². The van der Waals surface area contributed by atoms with E-state index in [1.165, 1.54) is 12.1 Å². The van der Waals surface area contributed by atoms with E-state index in [0.717, 1.165) is 11.1 Å². The van der Waals surface area contributed by atoms with Crippen molar-refractivity contribution in [3.05, 3.63) is 47.8 Å². The molecule has 0 aromatic heterocycles. The first-order chi connectivity index (χ1) is 7.58. The minimum atomic E-state index is -0.263. The number of guanidine groups is 1. The summed E-state index contributed by atoms with van der Waals surface area (Å²) in [6, 6.07) is 6.29. The molecule has 0 fully saturated rings. The van der Waals surface area contributed by atoms with Crippen LogP contribution in [-0.2, 0) is 6.54 Å². The fourth-order valence-electron chi connectivity index (χ4n) is 1.11. The van der Waals surface area contributed by atoms with Gasteiger partial charge < -0.3 is 11.1 Å². The molecule has 3 N–H and O–H groups in total. The maximum absolute atomic E-state index is 12.8. The fourth-order valence-corrected chi connectivity index (χ4v) is 1.11. The van der Waals surface area contributed by atoms with E-state index in [4.69, 9.17) is 5.73 Å². The van der Waals surface area contributed by atoms with Gasteiger partial charge in [0.1, 0.15) is 5.82 Å². The van der Waals surface area contributed by atoms with E-state index in [1.807, 2.05) is 6.92 Å². The van der Waals surface area contributed by atoms with Crippen molar-refractivity contribution in [2.75, 3.05) is 6.54 Å². The second-order valence-corrected chi connectivity index (χ2v) is 3.64. The second-order valence-electron chi connectivity index (χ2n) is 3.64. The lowest BCUT2D eigenvalue weighted by Gasteiger charge is -2.04. The Bertz CT molecular complexity index is 399. The predicted octanol–water partition coefficient (Wildman–Crippen LogP) is 1.81. The molecule has 86 valence electrons. The van der Waals surface area contributed by atoms with Crippen LogP contribution in [0.15, 0.2) is 41.4 Å². The monoisotopic (exact) mass is 221 g/mol. The lowest BCUT2D eigenvalue weighted by Crippen LogP contribution is -2.32. The van der Waals surface area contributed by atoms with Crippen LogP contribution in [0.5, 0.6) is 0 Å². The lowest BCUT2D eigenvalue weighted by atomic mass is 10.2. The van der Waals surface area contributed by atoms with Gasteiger partial charge in [0.2, 0.25) is 0 Å². The summed E-state index contributed by atoms with van der Waals surface area (Å²) in [5, 5.41) is 2.90. The highest BCUT2D eigenvalue weighted by molar-refractivity contribution is 5.78. The van der Waals surface area contributed by atoms with E-state index in [0.29, 0.717) is 19.0 Å². The van der Waals surface area contributed by atoms with Crippen LogP contribution >= 0.6 is 0 Å². The molecule has 0 heterocycles. The number of hydrogen-bond donors (Lipinski definition) is 2. The molecule has 0 radical (unpaired) electrons. The Hall–Kier alpha value is -1.84. The molecule has 0 atom stereocenters. The fraction of sp³-hybridized carbons (Fsp3) is 0.250. The van der Waals surface area contributed by atoms with Crippen LogP contribution in [0.2, 0.25) is 0 Å². The Labute approximate surface area is 94.9 Å². The number of benzene rings is 1. The van der Waals surface area contributed by atoms with Crippen LogP contribution in [0, 0.1) is 5.82 Å². The summed E-state index contributed by atoms with van der Waals surface area (Å²) in [5.41, 5.74) is 7.38. The van der Waals surface area contributed by atoms with Crippen LogP contribution in [0.3, 0.4) is 0 Å². The molecule has 0 saturated carbocycles. The molecule has 0 aliphatic heterocycles. The first-order valence-corrected chi connectivity index (χ1v) is 5.00. The Balaban J connectivity index is 2.49. The average Bonchev–Trinajstić information content (AvgIpc) is 2.23. The van der Waals surface area contributed by atoms with Crippen LogP contribution in [-0.4, -0.2) is 12.5 Å². The molecule has 0 unspecified atom stereocenters. The molecular weight excluding hydrogens is 205 g/mol. The van der Waals surface area contributed by atoms with E-state index >= 15 is 0 Å². The average molecular weight is 221 g/mol. The maximum atomic E-state index is 12.8. The third kappa shape index (κ3) is 4.59. The summed E-state index contributed by atoms with van der Waals surface area (Å²) in [7, 11) is 0. The standard InChI is InChI=1S/C12H16FN3/c1-9(2)7-15-12(14)16-8-10-4-3-5-11(13)6-10/h3-6H,1,7-8H2,2H3,(H3,14,15,16). The summed E-state index contributed by atoms with van der Waals surface area (Å²) in [6.45, 7) is 6.59. The molecular formula is C12H16FN3. The van der Waals surface area contributed by atoms with Gasteiger partial charge in [-0.3, -0.25) is 0 Å². The Morgan fingerprint density at radius 1 is 1.56 bits per heavy atom. The first-order valence-electron chi connectivity index (χ1n) is 5.00. The van der Waals surface area contributed by atoms with E-state index in [9.17, 15) is 4.39 Å². The minimum absolute atomic E-state index is 0.263. The number of halogens is 1. The first kappa shape index (κ1) is 12.2. The van der Waals surface area contributed by atoms with E-state index < -0.39 is 0 Å². The van der Waals surface area contributed by atoms with Gasteiger partial charge in [-0.2, -0.15) is 0 Å². The molecule has 1 aromatic rings. The molecule has 0 spiro atoms. The van der Waals surface area contributed by atoms with E-state index in [2.05, 4.69) is 16.9 Å².